The average Bonchev–Trinajstić information content (AvgIpc) is 3.32. The number of nitrogens with one attached hydrogen (secondary N) is 2. The van der Waals surface area contributed by atoms with Crippen molar-refractivity contribution in [2.24, 2.45) is 23.3 Å². The number of nitrogens with two attached hydrogens (primary N) is 2. The standard InChI is InChI=1S/2C18H27N3O2.H2O/c2*1-13(2)11-16-17(22)20-9-6-10-21(16)18(23)15(19)12-14-7-4-3-5-8-14;/h2*3-5,7-8,13,15-16H,6,9-12,19H2,1-2H3,(H,20,22);1H2/t2*15-,16?;/m00./s1. The van der Waals surface area contributed by atoms with Gasteiger partial charge in [-0.2, -0.15) is 0 Å². The SMILES string of the molecule is CC(C)CC1C(=O)NCCCN1C(=O)[C@@H](N)Cc1ccccc1.CC(C)CC1C(=O)NCCCN1C(=O)[C@@H](N)Cc1ccccc1.O. The lowest BCUT2D eigenvalue weighted by atomic mass is 9.99. The molecule has 2 heterocycles. The third kappa shape index (κ3) is 12.4. The van der Waals surface area contributed by atoms with Crippen LogP contribution in [0.25, 0.3) is 0 Å². The molecule has 4 amide bonds. The number of rotatable bonds is 10. The maximum Gasteiger partial charge on any atom is 0.242 e. The normalized spacial score (nSPS) is 19.7. The predicted molar refractivity (Wildman–Crippen MR) is 185 cm³/mol. The summed E-state index contributed by atoms with van der Waals surface area (Å²) in [5, 5.41) is 5.80. The van der Waals surface area contributed by atoms with Crippen molar-refractivity contribution in [2.75, 3.05) is 26.2 Å². The fourth-order valence-corrected chi connectivity index (χ4v) is 5.98. The quantitative estimate of drug-likeness (QED) is 0.304. The summed E-state index contributed by atoms with van der Waals surface area (Å²) < 4.78 is 0. The molecule has 260 valence electrons. The van der Waals surface area contributed by atoms with E-state index in [1.165, 1.54) is 0 Å². The minimum absolute atomic E-state index is 0. The highest BCUT2D eigenvalue weighted by atomic mass is 16.2. The molecule has 47 heavy (non-hydrogen) atoms. The molecule has 2 aromatic carbocycles. The molecule has 4 atom stereocenters. The van der Waals surface area contributed by atoms with Crippen molar-refractivity contribution in [3.05, 3.63) is 71.8 Å². The van der Waals surface area contributed by atoms with Gasteiger partial charge in [0.05, 0.1) is 12.1 Å². The van der Waals surface area contributed by atoms with E-state index >= 15 is 0 Å². The molecule has 11 heteroatoms. The Morgan fingerprint density at radius 2 is 1.02 bits per heavy atom. The number of nitrogens with zero attached hydrogens (tertiary/aromatic N) is 2. The molecule has 0 radical (unpaired) electrons. The average molecular weight is 653 g/mol. The fraction of sp³-hybridized carbons (Fsp3) is 0.556. The van der Waals surface area contributed by atoms with Crippen LogP contribution in [0.15, 0.2) is 60.7 Å². The van der Waals surface area contributed by atoms with E-state index in [2.05, 4.69) is 38.3 Å². The van der Waals surface area contributed by atoms with E-state index in [9.17, 15) is 19.2 Å². The minimum atomic E-state index is -0.613. The number of amides is 4. The van der Waals surface area contributed by atoms with Crippen LogP contribution >= 0.6 is 0 Å². The molecule has 0 bridgehead atoms. The van der Waals surface area contributed by atoms with Crippen molar-refractivity contribution in [3.8, 4) is 0 Å². The summed E-state index contributed by atoms with van der Waals surface area (Å²) in [5.41, 5.74) is 14.4. The molecule has 2 fully saturated rings. The van der Waals surface area contributed by atoms with Gasteiger partial charge in [0, 0.05) is 26.2 Å². The largest absolute Gasteiger partial charge is 0.412 e. The summed E-state index contributed by atoms with van der Waals surface area (Å²) in [7, 11) is 0. The molecule has 2 aliphatic heterocycles. The summed E-state index contributed by atoms with van der Waals surface area (Å²) in [6, 6.07) is 17.4. The molecule has 0 aliphatic carbocycles. The summed E-state index contributed by atoms with van der Waals surface area (Å²) in [5.74, 6) is 0.301. The van der Waals surface area contributed by atoms with E-state index in [1.54, 1.807) is 9.80 Å². The highest BCUT2D eigenvalue weighted by Gasteiger charge is 2.35. The van der Waals surface area contributed by atoms with E-state index in [0.29, 0.717) is 63.7 Å². The minimum Gasteiger partial charge on any atom is -0.412 e. The molecule has 4 rings (SSSR count). The van der Waals surface area contributed by atoms with E-state index in [4.69, 9.17) is 11.5 Å². The highest BCUT2D eigenvalue weighted by molar-refractivity contribution is 5.91. The molecule has 0 spiro atoms. The van der Waals surface area contributed by atoms with Crippen LogP contribution in [-0.2, 0) is 32.0 Å². The maximum atomic E-state index is 12.8. The monoisotopic (exact) mass is 652 g/mol. The third-order valence-corrected chi connectivity index (χ3v) is 8.29. The fourth-order valence-electron chi connectivity index (χ4n) is 5.98. The van der Waals surface area contributed by atoms with Crippen LogP contribution in [0, 0.1) is 11.8 Å². The zero-order chi connectivity index (χ0) is 33.6. The molecule has 2 unspecified atom stereocenters. The van der Waals surface area contributed by atoms with Crippen molar-refractivity contribution < 1.29 is 24.7 Å². The molecular weight excluding hydrogens is 596 g/mol. The number of carbonyl (C=O) groups excluding carboxylic acids is 4. The van der Waals surface area contributed by atoms with Gasteiger partial charge < -0.3 is 37.4 Å². The molecular formula is C36H56N6O5. The molecule has 2 aromatic rings. The van der Waals surface area contributed by atoms with Gasteiger partial charge in [0.2, 0.25) is 23.6 Å². The lowest BCUT2D eigenvalue weighted by Crippen LogP contribution is -2.53. The molecule has 2 saturated heterocycles. The lowest BCUT2D eigenvalue weighted by molar-refractivity contribution is -0.141. The van der Waals surface area contributed by atoms with E-state index in [0.717, 1.165) is 24.0 Å². The van der Waals surface area contributed by atoms with Gasteiger partial charge in [-0.15, -0.1) is 0 Å². The smallest absolute Gasteiger partial charge is 0.242 e. The third-order valence-electron chi connectivity index (χ3n) is 8.29. The summed E-state index contributed by atoms with van der Waals surface area (Å²) >= 11 is 0. The van der Waals surface area contributed by atoms with E-state index in [1.807, 2.05) is 60.7 Å². The maximum absolute atomic E-state index is 12.8. The van der Waals surface area contributed by atoms with Crippen molar-refractivity contribution in [1.82, 2.24) is 20.4 Å². The Hall–Kier alpha value is -3.80. The number of hydrogen-bond donors (Lipinski definition) is 4. The Morgan fingerprint density at radius 1 is 0.681 bits per heavy atom. The molecule has 2 aliphatic rings. The Bertz CT molecular complexity index is 1160. The Morgan fingerprint density at radius 3 is 1.34 bits per heavy atom. The lowest BCUT2D eigenvalue weighted by Gasteiger charge is -2.31. The van der Waals surface area contributed by atoms with Crippen LogP contribution < -0.4 is 22.1 Å². The Labute approximate surface area is 280 Å². The van der Waals surface area contributed by atoms with Gasteiger partial charge in [-0.25, -0.2) is 0 Å². The molecule has 0 saturated carbocycles. The summed E-state index contributed by atoms with van der Waals surface area (Å²) in [6.45, 7) is 10.6. The number of hydrogen-bond acceptors (Lipinski definition) is 6. The highest BCUT2D eigenvalue weighted by Crippen LogP contribution is 2.18. The topological polar surface area (TPSA) is 182 Å². The van der Waals surface area contributed by atoms with Gasteiger partial charge in [0.15, 0.2) is 0 Å². The Balaban J connectivity index is 0.000000320. The first-order valence-electron chi connectivity index (χ1n) is 16.7. The van der Waals surface area contributed by atoms with Gasteiger partial charge in [-0.05, 0) is 61.5 Å². The van der Waals surface area contributed by atoms with Crippen LogP contribution in [0.5, 0.6) is 0 Å². The van der Waals surface area contributed by atoms with Gasteiger partial charge >= 0.3 is 0 Å². The van der Waals surface area contributed by atoms with Crippen LogP contribution in [0.2, 0.25) is 0 Å². The second-order valence-corrected chi connectivity index (χ2v) is 13.2. The predicted octanol–water partition coefficient (Wildman–Crippen LogP) is 1.81. The zero-order valence-corrected chi connectivity index (χ0v) is 28.5. The number of benzene rings is 2. The van der Waals surface area contributed by atoms with Crippen LogP contribution in [0.1, 0.15) is 64.5 Å². The van der Waals surface area contributed by atoms with Gasteiger partial charge in [-0.1, -0.05) is 88.4 Å². The first kappa shape index (κ1) is 39.4. The van der Waals surface area contributed by atoms with Crippen molar-refractivity contribution in [2.45, 2.75) is 90.4 Å². The second kappa shape index (κ2) is 19.8. The molecule has 8 N–H and O–H groups in total. The summed E-state index contributed by atoms with van der Waals surface area (Å²) in [4.78, 5) is 53.6. The molecule has 11 nitrogen and oxygen atoms in total. The number of carbonyl (C=O) groups is 4. The first-order valence-corrected chi connectivity index (χ1v) is 16.7. The van der Waals surface area contributed by atoms with Crippen LogP contribution in [0.3, 0.4) is 0 Å². The zero-order valence-electron chi connectivity index (χ0n) is 28.5. The summed E-state index contributed by atoms with van der Waals surface area (Å²) in [6.07, 6.45) is 3.85. The van der Waals surface area contributed by atoms with E-state index in [-0.39, 0.29) is 29.1 Å². The Kier molecular flexibility index (Phi) is 16.6. The van der Waals surface area contributed by atoms with Crippen molar-refractivity contribution in [1.29, 1.82) is 0 Å². The van der Waals surface area contributed by atoms with Crippen LogP contribution in [0.4, 0.5) is 0 Å². The van der Waals surface area contributed by atoms with Crippen molar-refractivity contribution >= 4 is 23.6 Å². The van der Waals surface area contributed by atoms with Gasteiger partial charge in [0.1, 0.15) is 12.1 Å². The van der Waals surface area contributed by atoms with Crippen LogP contribution in [-0.4, -0.2) is 89.3 Å². The van der Waals surface area contributed by atoms with E-state index < -0.39 is 24.2 Å². The van der Waals surface area contributed by atoms with Crippen molar-refractivity contribution in [3.63, 3.8) is 0 Å². The first-order chi connectivity index (χ1) is 22.0. The second-order valence-electron chi connectivity index (χ2n) is 13.2. The molecule has 0 aromatic heterocycles. The van der Waals surface area contributed by atoms with Gasteiger partial charge in [-0.3, -0.25) is 19.2 Å². The van der Waals surface area contributed by atoms with Gasteiger partial charge in [0.25, 0.3) is 0 Å².